The minimum Gasteiger partial charge on any atom is -0.329 e. The fourth-order valence-corrected chi connectivity index (χ4v) is 4.36. The summed E-state index contributed by atoms with van der Waals surface area (Å²) in [5.74, 6) is 1.32. The summed E-state index contributed by atoms with van der Waals surface area (Å²) in [7, 11) is 2.30. The summed E-state index contributed by atoms with van der Waals surface area (Å²) in [6.45, 7) is 3.19. The van der Waals surface area contributed by atoms with Crippen LogP contribution in [0.25, 0.3) is 0 Å². The summed E-state index contributed by atoms with van der Waals surface area (Å²) in [5.41, 5.74) is 6.38. The zero-order valence-electron chi connectivity index (χ0n) is 10.0. The molecule has 0 aromatic heterocycles. The van der Waals surface area contributed by atoms with Crippen molar-refractivity contribution >= 4 is 11.8 Å². The topological polar surface area (TPSA) is 29.3 Å². The van der Waals surface area contributed by atoms with Crippen molar-refractivity contribution < 1.29 is 0 Å². The van der Waals surface area contributed by atoms with Crippen LogP contribution in [-0.4, -0.2) is 41.1 Å². The van der Waals surface area contributed by atoms with Crippen LogP contribution in [0.3, 0.4) is 0 Å². The summed E-state index contributed by atoms with van der Waals surface area (Å²) < 4.78 is 0. The van der Waals surface area contributed by atoms with Crippen LogP contribution in [0.2, 0.25) is 0 Å². The highest BCUT2D eigenvalue weighted by Gasteiger charge is 2.44. The van der Waals surface area contributed by atoms with Crippen molar-refractivity contribution in [3.8, 4) is 0 Å². The Morgan fingerprint density at radius 2 is 2.13 bits per heavy atom. The third-order valence-electron chi connectivity index (χ3n) is 4.56. The Balaban J connectivity index is 2.10. The van der Waals surface area contributed by atoms with Gasteiger partial charge < -0.3 is 5.73 Å². The first-order chi connectivity index (χ1) is 7.20. The first kappa shape index (κ1) is 11.7. The molecule has 2 N–H and O–H groups in total. The Morgan fingerprint density at radius 3 is 2.60 bits per heavy atom. The average molecular weight is 228 g/mol. The van der Waals surface area contributed by atoms with Crippen LogP contribution < -0.4 is 5.73 Å². The van der Waals surface area contributed by atoms with Crippen LogP contribution in [0.4, 0.5) is 0 Å². The zero-order chi connectivity index (χ0) is 10.9. The van der Waals surface area contributed by atoms with Crippen molar-refractivity contribution in [2.45, 2.75) is 55.9 Å². The Morgan fingerprint density at radius 1 is 1.40 bits per heavy atom. The van der Waals surface area contributed by atoms with Gasteiger partial charge in [-0.15, -0.1) is 0 Å². The van der Waals surface area contributed by atoms with Crippen LogP contribution in [0.15, 0.2) is 0 Å². The molecule has 2 fully saturated rings. The summed E-state index contributed by atoms with van der Waals surface area (Å²) in [4.78, 5) is 2.62. The van der Waals surface area contributed by atoms with Gasteiger partial charge in [0.15, 0.2) is 0 Å². The number of nitrogens with two attached hydrogens (primary N) is 1. The van der Waals surface area contributed by atoms with Crippen molar-refractivity contribution in [2.75, 3.05) is 19.3 Å². The summed E-state index contributed by atoms with van der Waals surface area (Å²) in [6.07, 6.45) is 6.82. The predicted octanol–water partition coefficient (Wildman–Crippen LogP) is 2.08. The molecule has 0 amide bonds. The molecule has 1 heterocycles. The SMILES string of the molecule is CC1SCCCC1(CN)N(C)C1CCC1. The lowest BCUT2D eigenvalue weighted by Gasteiger charge is -2.53. The molecule has 0 aromatic carbocycles. The molecule has 3 heteroatoms. The molecule has 0 spiro atoms. The molecule has 0 aromatic rings. The lowest BCUT2D eigenvalue weighted by atomic mass is 9.82. The fraction of sp³-hybridized carbons (Fsp3) is 1.00. The van der Waals surface area contributed by atoms with E-state index in [9.17, 15) is 0 Å². The quantitative estimate of drug-likeness (QED) is 0.802. The minimum absolute atomic E-state index is 0.286. The van der Waals surface area contributed by atoms with Crippen LogP contribution in [-0.2, 0) is 0 Å². The van der Waals surface area contributed by atoms with E-state index in [1.54, 1.807) is 0 Å². The van der Waals surface area contributed by atoms with E-state index in [0.29, 0.717) is 5.25 Å². The minimum atomic E-state index is 0.286. The van der Waals surface area contributed by atoms with Crippen molar-refractivity contribution in [3.63, 3.8) is 0 Å². The molecule has 15 heavy (non-hydrogen) atoms. The molecule has 0 bridgehead atoms. The molecule has 0 radical (unpaired) electrons. The van der Waals surface area contributed by atoms with Gasteiger partial charge in [0.05, 0.1) is 0 Å². The van der Waals surface area contributed by atoms with Gasteiger partial charge >= 0.3 is 0 Å². The van der Waals surface area contributed by atoms with E-state index in [1.165, 1.54) is 37.9 Å². The highest BCUT2D eigenvalue weighted by molar-refractivity contribution is 8.00. The molecule has 1 saturated carbocycles. The first-order valence-electron chi connectivity index (χ1n) is 6.25. The normalized spacial score (nSPS) is 38.0. The largest absolute Gasteiger partial charge is 0.329 e. The first-order valence-corrected chi connectivity index (χ1v) is 7.30. The van der Waals surface area contributed by atoms with Gasteiger partial charge in [0.1, 0.15) is 0 Å². The number of rotatable bonds is 3. The molecular weight excluding hydrogens is 204 g/mol. The number of hydrogen-bond donors (Lipinski definition) is 1. The molecule has 1 aliphatic heterocycles. The Labute approximate surface area is 98.0 Å². The molecule has 88 valence electrons. The molecule has 2 unspecified atom stereocenters. The lowest BCUT2D eigenvalue weighted by Crippen LogP contribution is -2.63. The average Bonchev–Trinajstić information content (AvgIpc) is 2.16. The molecular formula is C12H24N2S. The number of hydrogen-bond acceptors (Lipinski definition) is 3. The lowest BCUT2D eigenvalue weighted by molar-refractivity contribution is 0.0302. The van der Waals surface area contributed by atoms with E-state index >= 15 is 0 Å². The standard InChI is InChI=1S/C12H24N2S/c1-10-12(9-13,7-4-8-15-10)14(2)11-5-3-6-11/h10-11H,3-9,13H2,1-2H3. The van der Waals surface area contributed by atoms with E-state index in [2.05, 4.69) is 30.6 Å². The van der Waals surface area contributed by atoms with Crippen LogP contribution in [0, 0.1) is 0 Å². The molecule has 2 atom stereocenters. The van der Waals surface area contributed by atoms with Crippen LogP contribution in [0.1, 0.15) is 39.0 Å². The maximum absolute atomic E-state index is 6.09. The summed E-state index contributed by atoms with van der Waals surface area (Å²) in [5, 5.41) is 0.696. The van der Waals surface area contributed by atoms with Gasteiger partial charge in [0, 0.05) is 23.4 Å². The second-order valence-corrected chi connectivity index (χ2v) is 6.57. The Bertz CT molecular complexity index is 218. The van der Waals surface area contributed by atoms with Crippen molar-refractivity contribution in [2.24, 2.45) is 5.73 Å². The van der Waals surface area contributed by atoms with Gasteiger partial charge in [-0.05, 0) is 38.5 Å². The monoisotopic (exact) mass is 228 g/mol. The molecule has 2 nitrogen and oxygen atoms in total. The smallest absolute Gasteiger partial charge is 0.0447 e. The van der Waals surface area contributed by atoms with E-state index in [1.807, 2.05) is 0 Å². The van der Waals surface area contributed by atoms with Gasteiger partial charge in [-0.2, -0.15) is 11.8 Å². The molecule has 2 aliphatic rings. The second kappa shape index (κ2) is 4.64. The number of likely N-dealkylation sites (N-methyl/N-ethyl adjacent to an activating group) is 1. The summed E-state index contributed by atoms with van der Waals surface area (Å²) in [6, 6.07) is 0.815. The van der Waals surface area contributed by atoms with E-state index in [0.717, 1.165) is 12.6 Å². The van der Waals surface area contributed by atoms with E-state index < -0.39 is 0 Å². The van der Waals surface area contributed by atoms with E-state index in [-0.39, 0.29) is 5.54 Å². The third-order valence-corrected chi connectivity index (χ3v) is 6.02. The van der Waals surface area contributed by atoms with Gasteiger partial charge in [-0.3, -0.25) is 4.90 Å². The maximum atomic E-state index is 6.09. The molecule has 1 saturated heterocycles. The van der Waals surface area contributed by atoms with Gasteiger partial charge in [-0.1, -0.05) is 13.3 Å². The highest BCUT2D eigenvalue weighted by Crippen LogP contribution is 2.40. The van der Waals surface area contributed by atoms with Crippen molar-refractivity contribution in [1.82, 2.24) is 4.90 Å². The zero-order valence-corrected chi connectivity index (χ0v) is 10.9. The third kappa shape index (κ3) is 1.94. The fourth-order valence-electron chi connectivity index (χ4n) is 3.01. The van der Waals surface area contributed by atoms with Gasteiger partial charge in [0.25, 0.3) is 0 Å². The second-order valence-electron chi connectivity index (χ2n) is 5.12. The summed E-state index contributed by atoms with van der Waals surface area (Å²) >= 11 is 2.11. The Hall–Kier alpha value is 0.270. The van der Waals surface area contributed by atoms with Gasteiger partial charge in [-0.25, -0.2) is 0 Å². The van der Waals surface area contributed by atoms with Crippen LogP contribution in [0.5, 0.6) is 0 Å². The predicted molar refractivity (Wildman–Crippen MR) is 68.3 cm³/mol. The number of thioether (sulfide) groups is 1. The van der Waals surface area contributed by atoms with Crippen molar-refractivity contribution in [1.29, 1.82) is 0 Å². The van der Waals surface area contributed by atoms with Gasteiger partial charge in [0.2, 0.25) is 0 Å². The van der Waals surface area contributed by atoms with E-state index in [4.69, 9.17) is 5.73 Å². The van der Waals surface area contributed by atoms with Crippen molar-refractivity contribution in [3.05, 3.63) is 0 Å². The Kier molecular flexibility index (Phi) is 3.63. The maximum Gasteiger partial charge on any atom is 0.0447 e. The molecule has 1 aliphatic carbocycles. The highest BCUT2D eigenvalue weighted by atomic mass is 32.2. The number of nitrogens with zero attached hydrogens (tertiary/aromatic N) is 1. The molecule has 2 rings (SSSR count). The van der Waals surface area contributed by atoms with Crippen LogP contribution >= 0.6 is 11.8 Å².